The second-order valence-corrected chi connectivity index (χ2v) is 3.87. The molecule has 1 rings (SSSR count). The summed E-state index contributed by atoms with van der Waals surface area (Å²) in [6.07, 6.45) is 3.81. The molecule has 0 aromatic rings. The lowest BCUT2D eigenvalue weighted by molar-refractivity contribution is -0.0611. The first-order valence-corrected chi connectivity index (χ1v) is 4.41. The van der Waals surface area contributed by atoms with E-state index < -0.39 is 0 Å². The SMILES string of the molecule is CC(C)OCC1(CO)CCC1. The molecule has 0 atom stereocenters. The van der Waals surface area contributed by atoms with Crippen molar-refractivity contribution in [3.63, 3.8) is 0 Å². The van der Waals surface area contributed by atoms with Crippen LogP contribution in [0.2, 0.25) is 0 Å². The van der Waals surface area contributed by atoms with Crippen LogP contribution in [0, 0.1) is 5.41 Å². The fourth-order valence-corrected chi connectivity index (χ4v) is 1.37. The zero-order valence-corrected chi connectivity index (χ0v) is 7.47. The zero-order valence-electron chi connectivity index (χ0n) is 7.47. The molecule has 11 heavy (non-hydrogen) atoms. The van der Waals surface area contributed by atoms with Gasteiger partial charge in [0.15, 0.2) is 0 Å². The van der Waals surface area contributed by atoms with Crippen molar-refractivity contribution in [2.24, 2.45) is 5.41 Å². The van der Waals surface area contributed by atoms with Gasteiger partial charge in [0, 0.05) is 5.41 Å². The maximum atomic E-state index is 9.07. The van der Waals surface area contributed by atoms with Gasteiger partial charge in [0.1, 0.15) is 0 Å². The van der Waals surface area contributed by atoms with Crippen LogP contribution >= 0.6 is 0 Å². The summed E-state index contributed by atoms with van der Waals surface area (Å²) in [6, 6.07) is 0. The predicted octanol–water partition coefficient (Wildman–Crippen LogP) is 1.57. The fraction of sp³-hybridized carbons (Fsp3) is 1.00. The topological polar surface area (TPSA) is 29.5 Å². The Morgan fingerprint density at radius 3 is 2.36 bits per heavy atom. The van der Waals surface area contributed by atoms with Crippen LogP contribution in [0.25, 0.3) is 0 Å². The molecule has 66 valence electrons. The van der Waals surface area contributed by atoms with Gasteiger partial charge in [-0.05, 0) is 26.7 Å². The lowest BCUT2D eigenvalue weighted by atomic mass is 9.70. The van der Waals surface area contributed by atoms with Gasteiger partial charge in [-0.25, -0.2) is 0 Å². The second kappa shape index (κ2) is 3.55. The number of rotatable bonds is 4. The van der Waals surface area contributed by atoms with E-state index in [9.17, 15) is 0 Å². The molecule has 0 saturated heterocycles. The Morgan fingerprint density at radius 1 is 1.45 bits per heavy atom. The van der Waals surface area contributed by atoms with Gasteiger partial charge in [-0.3, -0.25) is 0 Å². The third kappa shape index (κ3) is 2.17. The second-order valence-electron chi connectivity index (χ2n) is 3.87. The average Bonchev–Trinajstić information content (AvgIpc) is 1.86. The van der Waals surface area contributed by atoms with E-state index in [1.54, 1.807) is 0 Å². The summed E-state index contributed by atoms with van der Waals surface area (Å²) in [4.78, 5) is 0. The molecular formula is C9H18O2. The summed E-state index contributed by atoms with van der Waals surface area (Å²) in [5, 5.41) is 9.07. The van der Waals surface area contributed by atoms with Crippen molar-refractivity contribution in [1.29, 1.82) is 0 Å². The van der Waals surface area contributed by atoms with Crippen molar-refractivity contribution in [1.82, 2.24) is 0 Å². The molecule has 1 fully saturated rings. The highest BCUT2D eigenvalue weighted by Gasteiger charge is 2.36. The zero-order chi connectivity index (χ0) is 8.32. The molecule has 0 bridgehead atoms. The van der Waals surface area contributed by atoms with Crippen molar-refractivity contribution in [3.8, 4) is 0 Å². The monoisotopic (exact) mass is 158 g/mol. The Morgan fingerprint density at radius 2 is 2.09 bits per heavy atom. The van der Waals surface area contributed by atoms with E-state index in [-0.39, 0.29) is 5.41 Å². The Bertz CT molecular complexity index is 111. The molecule has 2 heteroatoms. The van der Waals surface area contributed by atoms with Crippen molar-refractivity contribution >= 4 is 0 Å². The van der Waals surface area contributed by atoms with Gasteiger partial charge in [0.05, 0.1) is 19.3 Å². The van der Waals surface area contributed by atoms with Crippen molar-refractivity contribution in [3.05, 3.63) is 0 Å². The Labute approximate surface area is 68.6 Å². The summed E-state index contributed by atoms with van der Waals surface area (Å²) >= 11 is 0. The standard InChI is InChI=1S/C9H18O2/c1-8(2)11-7-9(6-10)4-3-5-9/h8,10H,3-7H2,1-2H3. The molecule has 0 radical (unpaired) electrons. The number of hydrogen-bond acceptors (Lipinski definition) is 2. The van der Waals surface area contributed by atoms with Crippen LogP contribution in [0.3, 0.4) is 0 Å². The van der Waals surface area contributed by atoms with Gasteiger partial charge in [-0.15, -0.1) is 0 Å². The van der Waals surface area contributed by atoms with Crippen LogP contribution in [0.15, 0.2) is 0 Å². The van der Waals surface area contributed by atoms with Gasteiger partial charge in [-0.1, -0.05) is 6.42 Å². The fourth-order valence-electron chi connectivity index (χ4n) is 1.37. The first kappa shape index (κ1) is 9.01. The minimum atomic E-state index is 0.129. The molecule has 1 aliphatic rings. The lowest BCUT2D eigenvalue weighted by Gasteiger charge is -2.40. The van der Waals surface area contributed by atoms with E-state index >= 15 is 0 Å². The summed E-state index contributed by atoms with van der Waals surface area (Å²) in [5.41, 5.74) is 0.129. The molecule has 0 spiro atoms. The molecule has 0 aromatic carbocycles. The third-order valence-electron chi connectivity index (χ3n) is 2.47. The molecule has 0 aliphatic heterocycles. The number of aliphatic hydroxyl groups is 1. The summed E-state index contributed by atoms with van der Waals surface area (Å²) in [7, 11) is 0. The smallest absolute Gasteiger partial charge is 0.0547 e. The van der Waals surface area contributed by atoms with E-state index in [1.807, 2.05) is 13.8 Å². The Kier molecular flexibility index (Phi) is 2.90. The van der Waals surface area contributed by atoms with Crippen LogP contribution in [0.4, 0.5) is 0 Å². The first-order chi connectivity index (χ1) is 5.18. The average molecular weight is 158 g/mol. The van der Waals surface area contributed by atoms with E-state index in [1.165, 1.54) is 6.42 Å². The quantitative estimate of drug-likeness (QED) is 0.673. The highest BCUT2D eigenvalue weighted by atomic mass is 16.5. The van der Waals surface area contributed by atoms with Crippen molar-refractivity contribution < 1.29 is 9.84 Å². The van der Waals surface area contributed by atoms with Gasteiger partial charge in [-0.2, -0.15) is 0 Å². The molecule has 0 amide bonds. The number of hydrogen-bond donors (Lipinski definition) is 1. The van der Waals surface area contributed by atoms with Gasteiger partial charge >= 0.3 is 0 Å². The minimum absolute atomic E-state index is 0.129. The number of aliphatic hydroxyl groups excluding tert-OH is 1. The van der Waals surface area contributed by atoms with Gasteiger partial charge in [0.2, 0.25) is 0 Å². The minimum Gasteiger partial charge on any atom is -0.396 e. The summed E-state index contributed by atoms with van der Waals surface area (Å²) < 4.78 is 5.48. The predicted molar refractivity (Wildman–Crippen MR) is 44.5 cm³/mol. The van der Waals surface area contributed by atoms with E-state index in [0.717, 1.165) is 19.4 Å². The summed E-state index contributed by atoms with van der Waals surface area (Å²) in [5.74, 6) is 0. The van der Waals surface area contributed by atoms with Gasteiger partial charge in [0.25, 0.3) is 0 Å². The lowest BCUT2D eigenvalue weighted by Crippen LogP contribution is -2.38. The number of ether oxygens (including phenoxy) is 1. The highest BCUT2D eigenvalue weighted by Crippen LogP contribution is 2.40. The first-order valence-electron chi connectivity index (χ1n) is 4.41. The van der Waals surface area contributed by atoms with Crippen LogP contribution in [-0.2, 0) is 4.74 Å². The molecule has 1 saturated carbocycles. The molecule has 0 unspecified atom stereocenters. The molecule has 1 aliphatic carbocycles. The van der Waals surface area contributed by atoms with Crippen molar-refractivity contribution in [2.45, 2.75) is 39.2 Å². The molecule has 0 heterocycles. The van der Waals surface area contributed by atoms with Crippen LogP contribution < -0.4 is 0 Å². The Hall–Kier alpha value is -0.0800. The van der Waals surface area contributed by atoms with Crippen LogP contribution in [-0.4, -0.2) is 24.4 Å². The molecular weight excluding hydrogens is 140 g/mol. The van der Waals surface area contributed by atoms with Crippen molar-refractivity contribution in [2.75, 3.05) is 13.2 Å². The largest absolute Gasteiger partial charge is 0.396 e. The van der Waals surface area contributed by atoms with Crippen LogP contribution in [0.5, 0.6) is 0 Å². The molecule has 0 aromatic heterocycles. The highest BCUT2D eigenvalue weighted by molar-refractivity contribution is 4.86. The van der Waals surface area contributed by atoms with Gasteiger partial charge < -0.3 is 9.84 Å². The Balaban J connectivity index is 2.22. The maximum Gasteiger partial charge on any atom is 0.0547 e. The normalized spacial score (nSPS) is 21.8. The molecule has 2 nitrogen and oxygen atoms in total. The van der Waals surface area contributed by atoms with Crippen LogP contribution in [0.1, 0.15) is 33.1 Å². The third-order valence-corrected chi connectivity index (χ3v) is 2.47. The summed E-state index contributed by atoms with van der Waals surface area (Å²) in [6.45, 7) is 5.09. The van der Waals surface area contributed by atoms with E-state index in [4.69, 9.17) is 9.84 Å². The van der Waals surface area contributed by atoms with E-state index in [2.05, 4.69) is 0 Å². The molecule has 1 N–H and O–H groups in total. The van der Waals surface area contributed by atoms with E-state index in [0.29, 0.717) is 12.7 Å². The maximum absolute atomic E-state index is 9.07.